The number of methoxy groups -OCH3 is 1. The largest absolute Gasteiger partial charge is 0.496 e. The van der Waals surface area contributed by atoms with Crippen LogP contribution in [0.4, 0.5) is 0 Å². The summed E-state index contributed by atoms with van der Waals surface area (Å²) in [6.45, 7) is 22.4. The highest BCUT2D eigenvalue weighted by molar-refractivity contribution is 6.05. The first-order valence-electron chi connectivity index (χ1n) is 10.2. The summed E-state index contributed by atoms with van der Waals surface area (Å²) in [7, 11) is 1.73. The number of rotatable bonds is 2. The summed E-state index contributed by atoms with van der Waals surface area (Å²) in [5.74, 6) is 1.96. The Morgan fingerprint density at radius 3 is 2.36 bits per heavy atom. The van der Waals surface area contributed by atoms with E-state index in [2.05, 4.69) is 53.5 Å². The monoisotopic (exact) mass is 370 g/mol. The fraction of sp³-hybridized carbons (Fsp3) is 0.333. The summed E-state index contributed by atoms with van der Waals surface area (Å²) < 4.78 is 5.68. The lowest BCUT2D eigenvalue weighted by Gasteiger charge is -2.34. The zero-order valence-corrected chi connectivity index (χ0v) is 17.8. The lowest BCUT2D eigenvalue weighted by molar-refractivity contribution is 0.419. The van der Waals surface area contributed by atoms with E-state index in [0.717, 1.165) is 33.4 Å². The summed E-state index contributed by atoms with van der Waals surface area (Å²) in [6, 6.07) is 6.20. The van der Waals surface area contributed by atoms with Crippen LogP contribution in [-0.4, -0.2) is 7.11 Å². The van der Waals surface area contributed by atoms with Crippen LogP contribution in [0.2, 0.25) is 0 Å². The van der Waals surface area contributed by atoms with Crippen LogP contribution >= 0.6 is 0 Å². The molecule has 1 aliphatic rings. The van der Waals surface area contributed by atoms with Crippen molar-refractivity contribution in [3.63, 3.8) is 0 Å². The third kappa shape index (κ3) is 2.45. The number of allylic oxidation sites excluding steroid dienone is 1. The molecule has 0 heterocycles. The van der Waals surface area contributed by atoms with Gasteiger partial charge in [-0.15, -0.1) is 0 Å². The zero-order valence-electron chi connectivity index (χ0n) is 17.8. The van der Waals surface area contributed by atoms with E-state index in [9.17, 15) is 0 Å². The number of hydrogen-bond acceptors (Lipinski definition) is 1. The molecule has 0 aliphatic heterocycles. The van der Waals surface area contributed by atoms with E-state index in [1.807, 2.05) is 12.1 Å². The Morgan fingerprint density at radius 2 is 1.71 bits per heavy atom. The molecule has 4 rings (SSSR count). The van der Waals surface area contributed by atoms with Crippen LogP contribution in [0.15, 0.2) is 30.4 Å². The lowest BCUT2D eigenvalue weighted by atomic mass is 9.71. The molecule has 0 aromatic heterocycles. The van der Waals surface area contributed by atoms with Crippen molar-refractivity contribution in [2.24, 2.45) is 5.92 Å². The molecule has 0 amide bonds. The zero-order chi connectivity index (χ0) is 20.3. The summed E-state index contributed by atoms with van der Waals surface area (Å²) >= 11 is 0. The number of benzene rings is 3. The second-order valence-corrected chi connectivity index (χ2v) is 8.62. The Bertz CT molecular complexity index is 1250. The van der Waals surface area contributed by atoms with Crippen LogP contribution in [0, 0.1) is 19.8 Å². The van der Waals surface area contributed by atoms with Gasteiger partial charge in [0.1, 0.15) is 5.75 Å². The van der Waals surface area contributed by atoms with E-state index in [-0.39, 0.29) is 0 Å². The van der Waals surface area contributed by atoms with Gasteiger partial charge in [-0.2, -0.15) is 0 Å². The molecule has 3 aromatic rings. The van der Waals surface area contributed by atoms with Crippen molar-refractivity contribution in [2.75, 3.05) is 7.11 Å². The third-order valence-electron chi connectivity index (χ3n) is 6.94. The van der Waals surface area contributed by atoms with Gasteiger partial charge in [0.05, 0.1) is 7.11 Å². The minimum absolute atomic E-state index is 0.523. The molecule has 0 radical (unpaired) electrons. The van der Waals surface area contributed by atoms with Gasteiger partial charge < -0.3 is 4.74 Å². The van der Waals surface area contributed by atoms with Crippen LogP contribution < -0.4 is 15.2 Å². The fourth-order valence-corrected chi connectivity index (χ4v) is 5.55. The number of hydrogen-bond donors (Lipinski definition) is 0. The Hall–Kier alpha value is -2.54. The van der Waals surface area contributed by atoms with Gasteiger partial charge in [0.25, 0.3) is 0 Å². The summed E-state index contributed by atoms with van der Waals surface area (Å²) in [5, 5.41) is 6.92. The standard InChI is InChI=1S/C27H30O/c1-14(2)20-12-15(3)24-18(6)26-19(7)27-21(10-9-11-23(27)28-8)16(4)25(26)17(5)22(24)13-20/h9-11,15,20H,1,4,7,12-13H2,2-3,5-6,8H3. The summed E-state index contributed by atoms with van der Waals surface area (Å²) in [4.78, 5) is 0. The van der Waals surface area contributed by atoms with E-state index in [0.29, 0.717) is 11.8 Å². The number of fused-ring (bicyclic) bond motifs is 3. The van der Waals surface area contributed by atoms with Crippen LogP contribution in [0.25, 0.3) is 34.7 Å². The molecule has 0 N–H and O–H groups in total. The fourth-order valence-electron chi connectivity index (χ4n) is 5.55. The molecule has 2 atom stereocenters. The molecular formula is C27H30O. The second-order valence-electron chi connectivity index (χ2n) is 8.62. The average Bonchev–Trinajstić information content (AvgIpc) is 2.67. The van der Waals surface area contributed by atoms with Gasteiger partial charge >= 0.3 is 0 Å². The molecule has 0 fully saturated rings. The van der Waals surface area contributed by atoms with Crippen molar-refractivity contribution < 1.29 is 4.74 Å². The highest BCUT2D eigenvalue weighted by Crippen LogP contribution is 2.43. The first-order chi connectivity index (χ1) is 13.3. The average molecular weight is 371 g/mol. The topological polar surface area (TPSA) is 9.23 Å². The molecule has 0 bridgehead atoms. The SMILES string of the molecule is C=C(C)C1Cc2c(c(C)c3c(=C)c4c(OC)cccc4c(=C)c3c2C)C(C)C1. The quantitative estimate of drug-likeness (QED) is 0.416. The van der Waals surface area contributed by atoms with Crippen molar-refractivity contribution in [2.45, 2.75) is 46.5 Å². The summed E-state index contributed by atoms with van der Waals surface area (Å²) in [6.07, 6.45) is 2.26. The molecule has 0 spiro atoms. The predicted octanol–water partition coefficient (Wildman–Crippen LogP) is 5.68. The highest BCUT2D eigenvalue weighted by Gasteiger charge is 2.29. The molecule has 3 aromatic carbocycles. The first kappa shape index (κ1) is 18.8. The lowest BCUT2D eigenvalue weighted by Crippen LogP contribution is -2.24. The van der Waals surface area contributed by atoms with Crippen LogP contribution in [0.1, 0.15) is 48.4 Å². The van der Waals surface area contributed by atoms with Gasteiger partial charge in [-0.3, -0.25) is 0 Å². The van der Waals surface area contributed by atoms with E-state index in [1.54, 1.807) is 7.11 Å². The van der Waals surface area contributed by atoms with Crippen molar-refractivity contribution in [3.8, 4) is 5.75 Å². The summed E-state index contributed by atoms with van der Waals surface area (Å²) in [5.41, 5.74) is 7.05. The van der Waals surface area contributed by atoms with Gasteiger partial charge in [-0.25, -0.2) is 0 Å². The van der Waals surface area contributed by atoms with E-state index in [1.165, 1.54) is 45.0 Å². The molecule has 0 saturated carbocycles. The maximum Gasteiger partial charge on any atom is 0.127 e. The van der Waals surface area contributed by atoms with Gasteiger partial charge in [-0.1, -0.05) is 44.4 Å². The molecule has 1 nitrogen and oxygen atoms in total. The first-order valence-corrected chi connectivity index (χ1v) is 10.2. The number of ether oxygens (including phenoxy) is 1. The smallest absolute Gasteiger partial charge is 0.127 e. The minimum atomic E-state index is 0.523. The highest BCUT2D eigenvalue weighted by atomic mass is 16.5. The van der Waals surface area contributed by atoms with Crippen molar-refractivity contribution >= 4 is 34.7 Å². The Kier molecular flexibility index (Phi) is 4.38. The van der Waals surface area contributed by atoms with Crippen molar-refractivity contribution in [1.29, 1.82) is 0 Å². The van der Waals surface area contributed by atoms with Crippen LogP contribution in [0.5, 0.6) is 5.75 Å². The molecule has 144 valence electrons. The molecule has 1 aliphatic carbocycles. The van der Waals surface area contributed by atoms with Crippen molar-refractivity contribution in [3.05, 3.63) is 63.0 Å². The van der Waals surface area contributed by atoms with E-state index >= 15 is 0 Å². The maximum absolute atomic E-state index is 5.68. The van der Waals surface area contributed by atoms with Gasteiger partial charge in [-0.05, 0) is 100 Å². The van der Waals surface area contributed by atoms with Gasteiger partial charge in [0.2, 0.25) is 0 Å². The van der Waals surface area contributed by atoms with Crippen LogP contribution in [0.3, 0.4) is 0 Å². The Labute approximate surface area is 168 Å². The molecular weight excluding hydrogens is 340 g/mol. The van der Waals surface area contributed by atoms with Crippen LogP contribution in [-0.2, 0) is 6.42 Å². The predicted molar refractivity (Wildman–Crippen MR) is 123 cm³/mol. The van der Waals surface area contributed by atoms with E-state index < -0.39 is 0 Å². The van der Waals surface area contributed by atoms with Gasteiger partial charge in [0, 0.05) is 5.39 Å². The normalized spacial score (nSPS) is 19.0. The Morgan fingerprint density at radius 1 is 1.04 bits per heavy atom. The second kappa shape index (κ2) is 6.51. The molecule has 28 heavy (non-hydrogen) atoms. The van der Waals surface area contributed by atoms with Crippen molar-refractivity contribution in [1.82, 2.24) is 0 Å². The molecule has 0 saturated heterocycles. The Balaban J connectivity index is 2.23. The maximum atomic E-state index is 5.68. The minimum Gasteiger partial charge on any atom is -0.496 e. The van der Waals surface area contributed by atoms with E-state index in [4.69, 9.17) is 4.74 Å². The molecule has 2 unspecified atom stereocenters. The third-order valence-corrected chi connectivity index (χ3v) is 6.94. The van der Waals surface area contributed by atoms with Gasteiger partial charge in [0.15, 0.2) is 0 Å². The number of aryl methyl sites for hydroxylation is 2. The molecule has 1 heteroatoms.